The van der Waals surface area contributed by atoms with Crippen molar-refractivity contribution >= 4 is 23.0 Å². The molecule has 6 nitrogen and oxygen atoms in total. The Morgan fingerprint density at radius 3 is 2.59 bits per heavy atom. The van der Waals surface area contributed by atoms with Crippen molar-refractivity contribution in [3.05, 3.63) is 95.7 Å². The number of para-hydroxylation sites is 3. The van der Waals surface area contributed by atoms with Crippen LogP contribution in [0.25, 0.3) is 10.9 Å². The molecule has 3 aromatic carbocycles. The Hall–Kier alpha value is -4.06. The van der Waals surface area contributed by atoms with Crippen molar-refractivity contribution in [3.63, 3.8) is 0 Å². The fourth-order valence-corrected chi connectivity index (χ4v) is 3.97. The van der Waals surface area contributed by atoms with E-state index in [2.05, 4.69) is 46.3 Å². The molecular weight excluding hydrogens is 402 g/mol. The van der Waals surface area contributed by atoms with Gasteiger partial charge in [0.15, 0.2) is 11.5 Å². The van der Waals surface area contributed by atoms with Crippen LogP contribution in [0.15, 0.2) is 84.0 Å². The highest BCUT2D eigenvalue weighted by Gasteiger charge is 2.27. The first kappa shape index (κ1) is 19.9. The summed E-state index contributed by atoms with van der Waals surface area (Å²) in [6.45, 7) is 2.98. The lowest BCUT2D eigenvalue weighted by Crippen LogP contribution is -2.42. The van der Waals surface area contributed by atoms with Crippen LogP contribution < -0.4 is 14.9 Å². The van der Waals surface area contributed by atoms with E-state index in [1.165, 1.54) is 5.56 Å². The molecule has 5 rings (SSSR count). The molecule has 0 bridgehead atoms. The van der Waals surface area contributed by atoms with E-state index in [4.69, 9.17) is 9.47 Å². The zero-order chi connectivity index (χ0) is 21.9. The molecule has 0 unspecified atom stereocenters. The van der Waals surface area contributed by atoms with Crippen LogP contribution in [0.4, 0.5) is 0 Å². The summed E-state index contributed by atoms with van der Waals surface area (Å²) in [5.74, 6) is 0.853. The van der Waals surface area contributed by atoms with E-state index in [1.807, 2.05) is 48.5 Å². The van der Waals surface area contributed by atoms with Gasteiger partial charge in [0, 0.05) is 28.7 Å². The molecule has 1 aliphatic rings. The van der Waals surface area contributed by atoms with Gasteiger partial charge in [-0.05, 0) is 30.7 Å². The number of benzene rings is 3. The molecule has 0 saturated heterocycles. The standard InChI is InChI=1S/C26H23N3O3/c1-18-21(15-27-28-26(30)25-17-31-23-13-7-8-14-24(23)32-25)20-11-5-6-12-22(20)29(18)16-19-9-3-2-4-10-19/h2-15,25H,16-17H2,1H3,(H,28,30)/b27-15-/t25-/m1/s1. The molecule has 32 heavy (non-hydrogen) atoms. The zero-order valence-electron chi connectivity index (χ0n) is 17.7. The van der Waals surface area contributed by atoms with Gasteiger partial charge < -0.3 is 14.0 Å². The minimum atomic E-state index is -0.748. The highest BCUT2D eigenvalue weighted by Crippen LogP contribution is 2.31. The van der Waals surface area contributed by atoms with Crippen LogP contribution in [0, 0.1) is 6.92 Å². The molecule has 1 amide bonds. The van der Waals surface area contributed by atoms with Gasteiger partial charge in [0.1, 0.15) is 6.61 Å². The first-order valence-electron chi connectivity index (χ1n) is 10.5. The maximum absolute atomic E-state index is 12.6. The van der Waals surface area contributed by atoms with E-state index in [1.54, 1.807) is 12.3 Å². The number of aromatic nitrogens is 1. The second-order valence-electron chi connectivity index (χ2n) is 7.69. The molecule has 4 aromatic rings. The summed E-state index contributed by atoms with van der Waals surface area (Å²) in [5, 5.41) is 5.32. The maximum atomic E-state index is 12.6. The summed E-state index contributed by atoms with van der Waals surface area (Å²) in [6, 6.07) is 25.9. The Bertz CT molecular complexity index is 1290. The number of carbonyl (C=O) groups is 1. The van der Waals surface area contributed by atoms with Crippen molar-refractivity contribution in [2.45, 2.75) is 19.6 Å². The number of hydrazone groups is 1. The van der Waals surface area contributed by atoms with Gasteiger partial charge in [0.25, 0.3) is 5.91 Å². The molecule has 1 atom stereocenters. The van der Waals surface area contributed by atoms with E-state index in [0.29, 0.717) is 11.5 Å². The Morgan fingerprint density at radius 1 is 1.03 bits per heavy atom. The van der Waals surface area contributed by atoms with Crippen LogP contribution in [0.3, 0.4) is 0 Å². The molecule has 6 heteroatoms. The zero-order valence-corrected chi connectivity index (χ0v) is 17.7. The minimum Gasteiger partial charge on any atom is -0.485 e. The summed E-state index contributed by atoms with van der Waals surface area (Å²) in [4.78, 5) is 12.6. The highest BCUT2D eigenvalue weighted by molar-refractivity contribution is 6.01. The molecule has 1 N–H and O–H groups in total. The maximum Gasteiger partial charge on any atom is 0.284 e. The Labute approximate surface area is 186 Å². The number of nitrogens with zero attached hydrogens (tertiary/aromatic N) is 2. The summed E-state index contributed by atoms with van der Waals surface area (Å²) in [7, 11) is 0. The van der Waals surface area contributed by atoms with Gasteiger partial charge in [0.2, 0.25) is 6.10 Å². The number of carbonyl (C=O) groups excluding carboxylic acids is 1. The molecule has 1 aliphatic heterocycles. The summed E-state index contributed by atoms with van der Waals surface area (Å²) in [5.41, 5.74) is 7.01. The van der Waals surface area contributed by atoms with Gasteiger partial charge in [0.05, 0.1) is 6.21 Å². The lowest BCUT2D eigenvalue weighted by atomic mass is 10.1. The average Bonchev–Trinajstić information content (AvgIpc) is 3.10. The summed E-state index contributed by atoms with van der Waals surface area (Å²) >= 11 is 0. The van der Waals surface area contributed by atoms with Gasteiger partial charge in [-0.1, -0.05) is 60.7 Å². The second-order valence-corrected chi connectivity index (χ2v) is 7.69. The van der Waals surface area contributed by atoms with E-state index in [-0.39, 0.29) is 12.5 Å². The molecule has 2 heterocycles. The number of ether oxygens (including phenoxy) is 2. The van der Waals surface area contributed by atoms with Crippen molar-refractivity contribution in [1.29, 1.82) is 0 Å². The number of hydrogen-bond donors (Lipinski definition) is 1. The van der Waals surface area contributed by atoms with Gasteiger partial charge in [-0.2, -0.15) is 5.10 Å². The first-order valence-corrected chi connectivity index (χ1v) is 10.5. The largest absolute Gasteiger partial charge is 0.485 e. The first-order chi connectivity index (χ1) is 15.7. The molecule has 0 radical (unpaired) electrons. The number of hydrogen-bond acceptors (Lipinski definition) is 4. The highest BCUT2D eigenvalue weighted by atomic mass is 16.6. The second kappa shape index (κ2) is 8.59. The van der Waals surface area contributed by atoms with Gasteiger partial charge in [-0.15, -0.1) is 0 Å². The third kappa shape index (κ3) is 3.83. The van der Waals surface area contributed by atoms with E-state index in [0.717, 1.165) is 28.7 Å². The van der Waals surface area contributed by atoms with E-state index in [9.17, 15) is 4.79 Å². The average molecular weight is 425 g/mol. The van der Waals surface area contributed by atoms with Crippen LogP contribution in [0.1, 0.15) is 16.8 Å². The van der Waals surface area contributed by atoms with Crippen LogP contribution in [0.2, 0.25) is 0 Å². The molecule has 0 spiro atoms. The number of nitrogens with one attached hydrogen (secondary N) is 1. The molecule has 0 fully saturated rings. The number of amides is 1. The van der Waals surface area contributed by atoms with E-state index >= 15 is 0 Å². The third-order valence-corrected chi connectivity index (χ3v) is 5.63. The van der Waals surface area contributed by atoms with E-state index < -0.39 is 6.10 Å². The Balaban J connectivity index is 1.35. The predicted molar refractivity (Wildman–Crippen MR) is 124 cm³/mol. The lowest BCUT2D eigenvalue weighted by Gasteiger charge is -2.24. The fourth-order valence-electron chi connectivity index (χ4n) is 3.97. The molecule has 1 aromatic heterocycles. The number of rotatable bonds is 5. The smallest absolute Gasteiger partial charge is 0.284 e. The summed E-state index contributed by atoms with van der Waals surface area (Å²) < 4.78 is 13.6. The fraction of sp³-hybridized carbons (Fsp3) is 0.154. The number of fused-ring (bicyclic) bond motifs is 2. The lowest BCUT2D eigenvalue weighted by molar-refractivity contribution is -0.130. The molecule has 0 saturated carbocycles. The predicted octanol–water partition coefficient (Wildman–Crippen LogP) is 4.29. The summed E-state index contributed by atoms with van der Waals surface area (Å²) in [6.07, 6.45) is 0.955. The van der Waals surface area contributed by atoms with Crippen molar-refractivity contribution < 1.29 is 14.3 Å². The van der Waals surface area contributed by atoms with Crippen molar-refractivity contribution in [2.75, 3.05) is 6.61 Å². The van der Waals surface area contributed by atoms with Gasteiger partial charge >= 0.3 is 0 Å². The van der Waals surface area contributed by atoms with Crippen molar-refractivity contribution in [1.82, 2.24) is 9.99 Å². The molecule has 160 valence electrons. The van der Waals surface area contributed by atoms with Crippen LogP contribution in [-0.2, 0) is 11.3 Å². The topological polar surface area (TPSA) is 64.8 Å². The molecule has 0 aliphatic carbocycles. The SMILES string of the molecule is Cc1c(/C=N\NC(=O)[C@H]2COc3ccccc3O2)c2ccccc2n1Cc1ccccc1. The normalized spacial score (nSPS) is 15.2. The van der Waals surface area contributed by atoms with Gasteiger partial charge in [-0.3, -0.25) is 4.79 Å². The Kier molecular flexibility index (Phi) is 5.34. The third-order valence-electron chi connectivity index (χ3n) is 5.63. The Morgan fingerprint density at radius 2 is 1.75 bits per heavy atom. The van der Waals surface area contributed by atoms with Gasteiger partial charge in [-0.25, -0.2) is 5.43 Å². The van der Waals surface area contributed by atoms with Crippen LogP contribution in [-0.4, -0.2) is 29.4 Å². The minimum absolute atomic E-state index is 0.147. The van der Waals surface area contributed by atoms with Crippen molar-refractivity contribution in [2.24, 2.45) is 5.10 Å². The quantitative estimate of drug-likeness (QED) is 0.383. The monoisotopic (exact) mass is 425 g/mol. The molecular formula is C26H23N3O3. The van der Waals surface area contributed by atoms with Crippen LogP contribution in [0.5, 0.6) is 11.5 Å². The van der Waals surface area contributed by atoms with Crippen molar-refractivity contribution in [3.8, 4) is 11.5 Å². The van der Waals surface area contributed by atoms with Crippen LogP contribution >= 0.6 is 0 Å².